The number of aliphatic hydroxyl groups excluding tert-OH is 1. The van der Waals surface area contributed by atoms with Gasteiger partial charge in [-0.15, -0.1) is 0 Å². The van der Waals surface area contributed by atoms with Gasteiger partial charge in [-0.3, -0.25) is 14.5 Å². The number of carbonyl (C=O) groups is 2. The van der Waals surface area contributed by atoms with E-state index in [0.717, 1.165) is 32.7 Å². The van der Waals surface area contributed by atoms with Gasteiger partial charge in [0.2, 0.25) is 11.8 Å². The van der Waals surface area contributed by atoms with Crippen molar-refractivity contribution in [3.63, 3.8) is 0 Å². The number of phenolic OH excluding ortho intramolecular Hbond substituents is 1. The Morgan fingerprint density at radius 3 is 2.43 bits per heavy atom. The molecular weight excluding hydrogens is 533 g/mol. The molecule has 0 bridgehead atoms. The minimum atomic E-state index is -1.72. The highest BCUT2D eigenvalue weighted by atomic mass is 16.5. The van der Waals surface area contributed by atoms with E-state index in [1.165, 1.54) is 12.1 Å². The van der Waals surface area contributed by atoms with E-state index in [9.17, 15) is 29.9 Å². The maximum atomic E-state index is 13.8. The summed E-state index contributed by atoms with van der Waals surface area (Å²) in [5, 5.41) is 39.3. The van der Waals surface area contributed by atoms with Crippen LogP contribution >= 0.6 is 0 Å². The number of nitrogens with zero attached hydrogens (tertiary/aromatic N) is 1. The molecule has 2 heterocycles. The maximum Gasteiger partial charge on any atom is 0.488 e. The number of hydrogen-bond acceptors (Lipinski definition) is 7. The van der Waals surface area contributed by atoms with E-state index in [1.807, 2.05) is 30.3 Å². The van der Waals surface area contributed by atoms with Crippen LogP contribution in [0.4, 0.5) is 5.69 Å². The first-order valence-electron chi connectivity index (χ1n) is 14.2. The van der Waals surface area contributed by atoms with E-state index in [0.29, 0.717) is 18.5 Å². The molecule has 3 aromatic carbocycles. The first-order valence-corrected chi connectivity index (χ1v) is 14.2. The third-order valence-electron chi connectivity index (χ3n) is 8.68. The molecule has 9 heteroatoms. The fourth-order valence-corrected chi connectivity index (χ4v) is 6.71. The highest BCUT2D eigenvalue weighted by Gasteiger charge is 2.57. The summed E-state index contributed by atoms with van der Waals surface area (Å²) in [5.41, 5.74) is 5.31. The van der Waals surface area contributed by atoms with Gasteiger partial charge < -0.3 is 25.0 Å². The zero-order chi connectivity index (χ0) is 29.4. The first kappa shape index (κ1) is 28.1. The SMILES string of the molecule is O=C1[C@@H]2[C@@H](CC(CO)=C3[C@@H](CC/C(=C/c4ccc(O)cc4)c4ccccc4)OC[C@@H]32)C(=O)N1c1cccc(B(O)O)c1. The zero-order valence-corrected chi connectivity index (χ0v) is 23.0. The molecule has 0 spiro atoms. The number of aliphatic hydroxyl groups is 1. The largest absolute Gasteiger partial charge is 0.508 e. The number of rotatable bonds is 8. The topological polar surface area (TPSA) is 128 Å². The van der Waals surface area contributed by atoms with Crippen molar-refractivity contribution < 1.29 is 34.6 Å². The number of anilines is 1. The molecule has 0 radical (unpaired) electrons. The lowest BCUT2D eigenvalue weighted by molar-refractivity contribution is -0.122. The van der Waals surface area contributed by atoms with Crippen molar-refractivity contribution in [2.24, 2.45) is 17.8 Å². The van der Waals surface area contributed by atoms with Crippen molar-refractivity contribution >= 4 is 41.7 Å². The van der Waals surface area contributed by atoms with Crippen LogP contribution in [0.15, 0.2) is 90.0 Å². The molecular formula is C33H32BNO7. The predicted molar refractivity (Wildman–Crippen MR) is 159 cm³/mol. The van der Waals surface area contributed by atoms with Gasteiger partial charge in [0.05, 0.1) is 36.8 Å². The number of ether oxygens (including phenoxy) is 1. The fraction of sp³-hybridized carbons (Fsp3) is 0.273. The minimum Gasteiger partial charge on any atom is -0.508 e. The van der Waals surface area contributed by atoms with Crippen LogP contribution in [0.5, 0.6) is 5.75 Å². The Hall–Kier alpha value is -4.02. The Balaban J connectivity index is 1.26. The van der Waals surface area contributed by atoms with Gasteiger partial charge >= 0.3 is 7.12 Å². The lowest BCUT2D eigenvalue weighted by Gasteiger charge is -2.31. The third kappa shape index (κ3) is 5.21. The number of phenols is 1. The molecule has 2 aliphatic heterocycles. The minimum absolute atomic E-state index is 0.191. The van der Waals surface area contributed by atoms with E-state index in [1.54, 1.807) is 24.3 Å². The fourth-order valence-electron chi connectivity index (χ4n) is 6.71. The van der Waals surface area contributed by atoms with E-state index >= 15 is 0 Å². The Bertz CT molecular complexity index is 1550. The number of imide groups is 1. The van der Waals surface area contributed by atoms with Gasteiger partial charge in [-0.2, -0.15) is 0 Å². The molecule has 3 aliphatic rings. The summed E-state index contributed by atoms with van der Waals surface area (Å²) in [6.07, 6.45) is 3.38. The Morgan fingerprint density at radius 1 is 0.952 bits per heavy atom. The average Bonchev–Trinajstić information content (AvgIpc) is 3.54. The molecule has 2 saturated heterocycles. The van der Waals surface area contributed by atoms with Crippen molar-refractivity contribution in [1.82, 2.24) is 0 Å². The molecule has 2 amide bonds. The van der Waals surface area contributed by atoms with Gasteiger partial charge in [-0.1, -0.05) is 60.7 Å². The van der Waals surface area contributed by atoms with Crippen LogP contribution in [0.1, 0.15) is 30.4 Å². The Kier molecular flexibility index (Phi) is 7.83. The lowest BCUT2D eigenvalue weighted by atomic mass is 9.69. The molecule has 0 aromatic heterocycles. The molecule has 214 valence electrons. The number of amides is 2. The van der Waals surface area contributed by atoms with Crippen molar-refractivity contribution in [1.29, 1.82) is 0 Å². The highest BCUT2D eigenvalue weighted by Crippen LogP contribution is 2.50. The molecule has 6 rings (SSSR count). The standard InChI is InChI=1S/C33H32BNO7/c36-18-23-16-27-31(33(39)35(32(27)38)25-8-4-7-24(17-25)34(40)41)28-19-42-29(30(23)28)14-11-22(21-5-2-1-3-6-21)15-20-9-12-26(37)13-10-20/h1-10,12-13,15,17,27-29,31,36-37,40-41H,11,14,16,18-19H2/b22-15-/t27-,28+,29-,31-/m1/s1. The van der Waals surface area contributed by atoms with Gasteiger partial charge in [-0.05, 0) is 76.8 Å². The van der Waals surface area contributed by atoms with Crippen molar-refractivity contribution in [3.05, 3.63) is 101 Å². The lowest BCUT2D eigenvalue weighted by Crippen LogP contribution is -2.35. The summed E-state index contributed by atoms with van der Waals surface area (Å²) in [6.45, 7) is 0.0761. The normalized spacial score (nSPS) is 23.8. The van der Waals surface area contributed by atoms with E-state index in [-0.39, 0.29) is 54.7 Å². The summed E-state index contributed by atoms with van der Waals surface area (Å²) >= 11 is 0. The molecule has 1 aliphatic carbocycles. The summed E-state index contributed by atoms with van der Waals surface area (Å²) in [6, 6.07) is 23.2. The van der Waals surface area contributed by atoms with Crippen LogP contribution in [0, 0.1) is 17.8 Å². The van der Waals surface area contributed by atoms with Crippen LogP contribution in [0.25, 0.3) is 11.6 Å². The van der Waals surface area contributed by atoms with Gasteiger partial charge in [0.1, 0.15) is 5.75 Å². The second-order valence-electron chi connectivity index (χ2n) is 11.1. The van der Waals surface area contributed by atoms with E-state index in [4.69, 9.17) is 4.74 Å². The molecule has 2 fully saturated rings. The summed E-state index contributed by atoms with van der Waals surface area (Å²) in [7, 11) is -1.72. The summed E-state index contributed by atoms with van der Waals surface area (Å²) < 4.78 is 6.29. The zero-order valence-electron chi connectivity index (χ0n) is 23.0. The van der Waals surface area contributed by atoms with Crippen LogP contribution in [0.2, 0.25) is 0 Å². The Morgan fingerprint density at radius 2 is 1.71 bits per heavy atom. The average molecular weight is 565 g/mol. The molecule has 3 aromatic rings. The van der Waals surface area contributed by atoms with Gasteiger partial charge in [0.15, 0.2) is 0 Å². The molecule has 8 nitrogen and oxygen atoms in total. The monoisotopic (exact) mass is 565 g/mol. The number of benzene rings is 3. The van der Waals surface area contributed by atoms with Crippen molar-refractivity contribution in [3.8, 4) is 5.75 Å². The van der Waals surface area contributed by atoms with E-state index in [2.05, 4.69) is 18.2 Å². The smallest absolute Gasteiger partial charge is 0.488 e. The molecule has 0 unspecified atom stereocenters. The molecule has 42 heavy (non-hydrogen) atoms. The van der Waals surface area contributed by atoms with Crippen LogP contribution < -0.4 is 10.4 Å². The number of fused-ring (bicyclic) bond motifs is 3. The predicted octanol–water partition coefficient (Wildman–Crippen LogP) is 2.91. The van der Waals surface area contributed by atoms with Crippen LogP contribution in [-0.4, -0.2) is 58.5 Å². The number of aromatic hydroxyl groups is 1. The Labute approximate surface area is 244 Å². The summed E-state index contributed by atoms with van der Waals surface area (Å²) in [5.74, 6) is -1.98. The van der Waals surface area contributed by atoms with Gasteiger partial charge in [0.25, 0.3) is 0 Å². The second kappa shape index (κ2) is 11.7. The number of allylic oxidation sites excluding steroid dienone is 1. The van der Waals surface area contributed by atoms with Gasteiger partial charge in [-0.25, -0.2) is 0 Å². The van der Waals surface area contributed by atoms with Crippen molar-refractivity contribution in [2.45, 2.75) is 25.4 Å². The van der Waals surface area contributed by atoms with Crippen molar-refractivity contribution in [2.75, 3.05) is 18.1 Å². The number of hydrogen-bond donors (Lipinski definition) is 4. The van der Waals surface area contributed by atoms with Crippen LogP contribution in [-0.2, 0) is 14.3 Å². The second-order valence-corrected chi connectivity index (χ2v) is 11.1. The molecule has 0 saturated carbocycles. The van der Waals surface area contributed by atoms with E-state index < -0.39 is 19.0 Å². The quantitative estimate of drug-likeness (QED) is 0.143. The summed E-state index contributed by atoms with van der Waals surface area (Å²) in [4.78, 5) is 28.5. The molecule has 4 atom stereocenters. The first-order chi connectivity index (χ1) is 20.4. The molecule has 4 N–H and O–H groups in total. The third-order valence-corrected chi connectivity index (χ3v) is 8.68. The number of carbonyl (C=O) groups excluding carboxylic acids is 2. The maximum absolute atomic E-state index is 13.8. The highest BCUT2D eigenvalue weighted by molar-refractivity contribution is 6.58. The van der Waals surface area contributed by atoms with Crippen LogP contribution in [0.3, 0.4) is 0 Å². The van der Waals surface area contributed by atoms with Gasteiger partial charge in [0, 0.05) is 5.92 Å².